The Hall–Kier alpha value is -0.206. The highest BCUT2D eigenvalue weighted by atomic mass is 28.4. The summed E-state index contributed by atoms with van der Waals surface area (Å²) >= 11 is 0. The van der Waals surface area contributed by atoms with E-state index in [1.807, 2.05) is 12.2 Å². The number of aliphatic hydroxyl groups is 1. The van der Waals surface area contributed by atoms with Gasteiger partial charge in [0.05, 0.1) is 12.2 Å². The summed E-state index contributed by atoms with van der Waals surface area (Å²) in [5, 5.41) is 9.36. The van der Waals surface area contributed by atoms with Gasteiger partial charge in [0, 0.05) is 6.61 Å². The Labute approximate surface area is 158 Å². The van der Waals surface area contributed by atoms with Crippen molar-refractivity contribution in [3.63, 3.8) is 0 Å². The van der Waals surface area contributed by atoms with Crippen molar-refractivity contribution in [3.8, 4) is 0 Å². The average Bonchev–Trinajstić information content (AvgIpc) is 2.41. The fourth-order valence-corrected chi connectivity index (χ4v) is 4.31. The van der Waals surface area contributed by atoms with Crippen LogP contribution in [0.25, 0.3) is 0 Å². The Morgan fingerprint density at radius 2 is 1.28 bits per heavy atom. The molecule has 0 aromatic carbocycles. The van der Waals surface area contributed by atoms with E-state index >= 15 is 0 Å². The quantitative estimate of drug-likeness (QED) is 0.396. The predicted molar refractivity (Wildman–Crippen MR) is 115 cm³/mol. The normalized spacial score (nSPS) is 16.9. The lowest BCUT2D eigenvalue weighted by molar-refractivity contribution is 0.0938. The van der Waals surface area contributed by atoms with Gasteiger partial charge in [-0.15, -0.1) is 6.58 Å². The van der Waals surface area contributed by atoms with Crippen molar-refractivity contribution in [2.75, 3.05) is 6.61 Å². The average molecular weight is 387 g/mol. The summed E-state index contributed by atoms with van der Waals surface area (Å²) < 4.78 is 13.3. The van der Waals surface area contributed by atoms with Crippen molar-refractivity contribution in [2.45, 2.75) is 96.4 Å². The summed E-state index contributed by atoms with van der Waals surface area (Å²) in [6.07, 6.45) is 6.20. The van der Waals surface area contributed by atoms with Gasteiger partial charge in [-0.25, -0.2) is 0 Å². The second-order valence-corrected chi connectivity index (χ2v) is 19.4. The highest BCUT2D eigenvalue weighted by molar-refractivity contribution is 6.74. The van der Waals surface area contributed by atoms with Crippen LogP contribution < -0.4 is 0 Å². The molecule has 148 valence electrons. The lowest BCUT2D eigenvalue weighted by Crippen LogP contribution is -2.50. The van der Waals surface area contributed by atoms with Crippen LogP contribution in [0.15, 0.2) is 24.8 Å². The summed E-state index contributed by atoms with van der Waals surface area (Å²) in [4.78, 5) is 0. The van der Waals surface area contributed by atoms with Crippen LogP contribution >= 0.6 is 0 Å². The molecule has 0 aromatic rings. The smallest absolute Gasteiger partial charge is 0.193 e. The van der Waals surface area contributed by atoms with E-state index in [9.17, 15) is 0 Å². The van der Waals surface area contributed by atoms with E-state index in [-0.39, 0.29) is 28.9 Å². The molecule has 0 unspecified atom stereocenters. The maximum absolute atomic E-state index is 9.10. The molecule has 0 rings (SSSR count). The molecular weight excluding hydrogens is 344 g/mol. The van der Waals surface area contributed by atoms with Gasteiger partial charge >= 0.3 is 0 Å². The first-order valence-electron chi connectivity index (χ1n) is 9.35. The van der Waals surface area contributed by atoms with Gasteiger partial charge < -0.3 is 14.0 Å². The van der Waals surface area contributed by atoms with E-state index in [0.717, 1.165) is 0 Å². The molecule has 3 nitrogen and oxygen atoms in total. The van der Waals surface area contributed by atoms with Crippen molar-refractivity contribution in [2.24, 2.45) is 0 Å². The van der Waals surface area contributed by atoms with Gasteiger partial charge in [0.15, 0.2) is 16.6 Å². The number of rotatable bonds is 9. The third-order valence-corrected chi connectivity index (χ3v) is 14.6. The fourth-order valence-electron chi connectivity index (χ4n) is 1.80. The van der Waals surface area contributed by atoms with E-state index in [1.54, 1.807) is 0 Å². The van der Waals surface area contributed by atoms with Crippen molar-refractivity contribution >= 4 is 16.6 Å². The molecule has 5 heteroatoms. The largest absolute Gasteiger partial charge is 0.408 e. The van der Waals surface area contributed by atoms with Crippen LogP contribution in [0.1, 0.15) is 48.0 Å². The molecule has 0 radical (unpaired) electrons. The summed E-state index contributed by atoms with van der Waals surface area (Å²) in [5.41, 5.74) is 0. The van der Waals surface area contributed by atoms with Gasteiger partial charge in [-0.05, 0) is 42.7 Å². The van der Waals surface area contributed by atoms with Gasteiger partial charge in [0.2, 0.25) is 0 Å². The third-order valence-electron chi connectivity index (χ3n) is 5.65. The van der Waals surface area contributed by atoms with Crippen LogP contribution in [0.3, 0.4) is 0 Å². The zero-order valence-electron chi connectivity index (χ0n) is 18.3. The van der Waals surface area contributed by atoms with Gasteiger partial charge in [-0.3, -0.25) is 0 Å². The fraction of sp³-hybridized carbons (Fsp3) is 0.800. The van der Waals surface area contributed by atoms with E-state index in [0.29, 0.717) is 6.42 Å². The zero-order chi connectivity index (χ0) is 20.1. The van der Waals surface area contributed by atoms with Gasteiger partial charge in [-0.1, -0.05) is 59.8 Å². The standard InChI is InChI=1S/C20H42O3Si2/c1-12-17(22-24(8,9)19(2,3)4)18(15-13-14-16-21)23-25(10,11)20(5,6)7/h12-13,15,17-18,21H,1,14,16H2,2-11H3/b15-13-/t17-,18+/m1/s1. The van der Waals surface area contributed by atoms with Crippen molar-refractivity contribution in [1.82, 2.24) is 0 Å². The minimum absolute atomic E-state index is 0.124. The van der Waals surface area contributed by atoms with E-state index in [4.69, 9.17) is 14.0 Å². The molecule has 0 heterocycles. The monoisotopic (exact) mass is 386 g/mol. The molecular formula is C20H42O3Si2. The zero-order valence-corrected chi connectivity index (χ0v) is 20.3. The van der Waals surface area contributed by atoms with Gasteiger partial charge in [-0.2, -0.15) is 0 Å². The first kappa shape index (κ1) is 24.8. The molecule has 2 atom stereocenters. The highest BCUT2D eigenvalue weighted by Gasteiger charge is 2.43. The molecule has 0 aliphatic carbocycles. The molecule has 0 amide bonds. The lowest BCUT2D eigenvalue weighted by Gasteiger charge is -2.43. The van der Waals surface area contributed by atoms with Crippen LogP contribution in [-0.4, -0.2) is 40.6 Å². The summed E-state index contributed by atoms with van der Waals surface area (Å²) in [7, 11) is -3.89. The maximum Gasteiger partial charge on any atom is 0.193 e. The minimum Gasteiger partial charge on any atom is -0.408 e. The van der Waals surface area contributed by atoms with Crippen LogP contribution in [0.4, 0.5) is 0 Å². The minimum atomic E-state index is -1.95. The van der Waals surface area contributed by atoms with E-state index in [1.165, 1.54) is 0 Å². The lowest BCUT2D eigenvalue weighted by atomic mass is 10.2. The first-order chi connectivity index (χ1) is 11.1. The first-order valence-corrected chi connectivity index (χ1v) is 15.2. The Morgan fingerprint density at radius 1 is 0.880 bits per heavy atom. The van der Waals surface area contributed by atoms with Gasteiger partial charge in [0.1, 0.15) is 0 Å². The Bertz CT molecular complexity index is 443. The molecule has 0 saturated carbocycles. The van der Waals surface area contributed by atoms with Crippen LogP contribution in [-0.2, 0) is 8.85 Å². The predicted octanol–water partition coefficient (Wildman–Crippen LogP) is 5.89. The van der Waals surface area contributed by atoms with Crippen LogP contribution in [0.5, 0.6) is 0 Å². The van der Waals surface area contributed by atoms with Crippen LogP contribution in [0, 0.1) is 0 Å². The Balaban J connectivity index is 5.60. The molecule has 0 spiro atoms. The number of hydrogen-bond donors (Lipinski definition) is 1. The molecule has 0 aromatic heterocycles. The van der Waals surface area contributed by atoms with E-state index < -0.39 is 16.6 Å². The topological polar surface area (TPSA) is 38.7 Å². The molecule has 0 saturated heterocycles. The maximum atomic E-state index is 9.10. The molecule has 0 aliphatic rings. The highest BCUT2D eigenvalue weighted by Crippen LogP contribution is 2.40. The summed E-state index contributed by atoms with van der Waals surface area (Å²) in [6, 6.07) is 0. The molecule has 0 fully saturated rings. The molecule has 0 aliphatic heterocycles. The van der Waals surface area contributed by atoms with Crippen molar-refractivity contribution in [1.29, 1.82) is 0 Å². The SMILES string of the molecule is C=C[C@@H](O[Si](C)(C)C(C)(C)C)[C@H](/C=C\CCO)O[Si](C)(C)C(C)(C)C. The number of hydrogen-bond acceptors (Lipinski definition) is 3. The Morgan fingerprint density at radius 3 is 1.60 bits per heavy atom. The Kier molecular flexibility index (Phi) is 9.06. The molecule has 1 N–H and O–H groups in total. The van der Waals surface area contributed by atoms with E-state index in [2.05, 4.69) is 80.4 Å². The van der Waals surface area contributed by atoms with Crippen molar-refractivity contribution in [3.05, 3.63) is 24.8 Å². The van der Waals surface area contributed by atoms with Crippen LogP contribution in [0.2, 0.25) is 36.3 Å². The second-order valence-electron chi connectivity index (χ2n) is 9.86. The number of aliphatic hydroxyl groups excluding tert-OH is 1. The molecule has 25 heavy (non-hydrogen) atoms. The van der Waals surface area contributed by atoms with Crippen molar-refractivity contribution < 1.29 is 14.0 Å². The third kappa shape index (κ3) is 7.51. The van der Waals surface area contributed by atoms with Gasteiger partial charge in [0.25, 0.3) is 0 Å². The summed E-state index contributed by atoms with van der Waals surface area (Å²) in [6.45, 7) is 26.6. The molecule has 0 bridgehead atoms. The second kappa shape index (κ2) is 9.13. The summed E-state index contributed by atoms with van der Waals surface area (Å²) in [5.74, 6) is 0.